The molecule has 0 aliphatic rings. The van der Waals surface area contributed by atoms with Crippen LogP contribution in [0.3, 0.4) is 0 Å². The van der Waals surface area contributed by atoms with Gasteiger partial charge in [-0.1, -0.05) is 11.6 Å². The van der Waals surface area contributed by atoms with Gasteiger partial charge in [-0.2, -0.15) is 0 Å². The minimum Gasteiger partial charge on any atom is -0.298 e. The average molecular weight is 424 g/mol. The van der Waals surface area contributed by atoms with Crippen molar-refractivity contribution in [2.75, 3.05) is 0 Å². The number of rotatable bonds is 4. The minimum atomic E-state index is -0.762. The van der Waals surface area contributed by atoms with Gasteiger partial charge < -0.3 is 0 Å². The van der Waals surface area contributed by atoms with E-state index in [-0.39, 0.29) is 26.9 Å². The Morgan fingerprint density at radius 3 is 2.07 bits per heavy atom. The van der Waals surface area contributed by atoms with E-state index in [9.17, 15) is 29.8 Å². The molecule has 0 atom stereocenters. The molecule has 2 amide bonds. The second-order valence-corrected chi connectivity index (χ2v) is 5.91. The number of nitro groups is 2. The van der Waals surface area contributed by atoms with Crippen LogP contribution in [0.5, 0.6) is 0 Å². The molecule has 2 aromatic rings. The first-order chi connectivity index (χ1) is 13.2. The zero-order valence-corrected chi connectivity index (χ0v) is 15.2. The van der Waals surface area contributed by atoms with Gasteiger partial charge in [-0.05, 0) is 36.5 Å². The molecule has 0 spiro atoms. The fraction of sp³-hybridized carbons (Fsp3) is 0. The maximum atomic E-state index is 12.1. The first-order valence-electron chi connectivity index (χ1n) is 7.29. The highest BCUT2D eigenvalue weighted by Crippen LogP contribution is 2.24. The first-order valence-corrected chi connectivity index (χ1v) is 8.07. The smallest absolute Gasteiger partial charge is 0.288 e. The van der Waals surface area contributed by atoms with E-state index in [1.807, 2.05) is 0 Å². The third kappa shape index (κ3) is 5.18. The van der Waals surface area contributed by atoms with Gasteiger partial charge in [-0.15, -0.1) is 0 Å². The molecule has 0 radical (unpaired) electrons. The fourth-order valence-electron chi connectivity index (χ4n) is 1.92. The Hall–Kier alpha value is -3.64. The molecule has 0 fully saturated rings. The lowest BCUT2D eigenvalue weighted by atomic mass is 10.2. The molecule has 2 aromatic carbocycles. The quantitative estimate of drug-likeness (QED) is 0.383. The van der Waals surface area contributed by atoms with Gasteiger partial charge in [0, 0.05) is 29.3 Å². The van der Waals surface area contributed by atoms with Crippen LogP contribution in [0.15, 0.2) is 42.5 Å². The second kappa shape index (κ2) is 8.83. The molecule has 11 nitrogen and oxygen atoms in total. The number of nitrogens with zero attached hydrogens (tertiary/aromatic N) is 2. The van der Waals surface area contributed by atoms with Gasteiger partial charge in [0.1, 0.15) is 5.02 Å². The van der Waals surface area contributed by atoms with Crippen LogP contribution in [-0.4, -0.2) is 26.8 Å². The number of benzene rings is 2. The Balaban J connectivity index is 1.94. The number of carbonyl (C=O) groups excluding carboxylic acids is 2. The summed E-state index contributed by atoms with van der Waals surface area (Å²) in [6, 6.07) is 8.23. The molecular weight excluding hydrogens is 414 g/mol. The van der Waals surface area contributed by atoms with Crippen molar-refractivity contribution in [3.63, 3.8) is 0 Å². The van der Waals surface area contributed by atoms with Crippen LogP contribution in [-0.2, 0) is 0 Å². The van der Waals surface area contributed by atoms with Crippen LogP contribution in [0.25, 0.3) is 0 Å². The molecule has 3 N–H and O–H groups in total. The van der Waals surface area contributed by atoms with Crippen LogP contribution >= 0.6 is 23.8 Å². The number of nitro benzene ring substituents is 2. The molecule has 0 saturated carbocycles. The van der Waals surface area contributed by atoms with Crippen molar-refractivity contribution in [2.45, 2.75) is 0 Å². The Bertz CT molecular complexity index is 981. The molecule has 13 heteroatoms. The Morgan fingerprint density at radius 2 is 1.50 bits per heavy atom. The van der Waals surface area contributed by atoms with Crippen LogP contribution in [0, 0.1) is 20.2 Å². The van der Waals surface area contributed by atoms with E-state index in [1.165, 1.54) is 24.3 Å². The van der Waals surface area contributed by atoms with E-state index in [0.717, 1.165) is 18.2 Å². The number of hydrazine groups is 1. The van der Waals surface area contributed by atoms with Gasteiger partial charge in [0.15, 0.2) is 5.11 Å². The molecule has 0 saturated heterocycles. The lowest BCUT2D eigenvalue weighted by Gasteiger charge is -2.11. The zero-order valence-electron chi connectivity index (χ0n) is 13.7. The minimum absolute atomic E-state index is 0.0676. The molecule has 2 rings (SSSR count). The normalized spacial score (nSPS) is 9.89. The second-order valence-electron chi connectivity index (χ2n) is 5.09. The molecule has 0 heterocycles. The van der Waals surface area contributed by atoms with E-state index in [1.54, 1.807) is 0 Å². The average Bonchev–Trinajstić information content (AvgIpc) is 2.66. The Morgan fingerprint density at radius 1 is 0.893 bits per heavy atom. The van der Waals surface area contributed by atoms with Gasteiger partial charge >= 0.3 is 0 Å². The highest BCUT2D eigenvalue weighted by Gasteiger charge is 2.17. The molecule has 0 bridgehead atoms. The van der Waals surface area contributed by atoms with Crippen LogP contribution < -0.4 is 16.2 Å². The molecular formula is C15H10ClN5O6S. The highest BCUT2D eigenvalue weighted by atomic mass is 35.5. The van der Waals surface area contributed by atoms with Crippen molar-refractivity contribution in [3.05, 3.63) is 78.8 Å². The number of non-ortho nitro benzene ring substituents is 1. The third-order valence-corrected chi connectivity index (χ3v) is 3.79. The number of nitrogens with one attached hydrogen (secondary N) is 3. The molecule has 0 aliphatic carbocycles. The number of amides is 2. The number of thiocarbonyl (C=S) groups is 1. The largest absolute Gasteiger partial charge is 0.298 e. The summed E-state index contributed by atoms with van der Waals surface area (Å²) in [6.45, 7) is 0. The number of carbonyl (C=O) groups is 2. The maximum absolute atomic E-state index is 12.1. The Kier molecular flexibility index (Phi) is 6.52. The van der Waals surface area contributed by atoms with Gasteiger partial charge in [-0.25, -0.2) is 0 Å². The zero-order chi connectivity index (χ0) is 20.8. The van der Waals surface area contributed by atoms with E-state index in [4.69, 9.17) is 23.8 Å². The van der Waals surface area contributed by atoms with Gasteiger partial charge in [0.05, 0.1) is 9.85 Å². The van der Waals surface area contributed by atoms with E-state index >= 15 is 0 Å². The maximum Gasteiger partial charge on any atom is 0.288 e. The Labute approximate surface area is 166 Å². The van der Waals surface area contributed by atoms with Gasteiger partial charge in [0.2, 0.25) is 0 Å². The fourth-order valence-corrected chi connectivity index (χ4v) is 2.25. The summed E-state index contributed by atoms with van der Waals surface area (Å²) in [5.74, 6) is -1.42. The highest BCUT2D eigenvalue weighted by molar-refractivity contribution is 7.80. The van der Waals surface area contributed by atoms with E-state index in [2.05, 4.69) is 16.2 Å². The summed E-state index contributed by atoms with van der Waals surface area (Å²) < 4.78 is 0. The molecule has 28 heavy (non-hydrogen) atoms. The van der Waals surface area contributed by atoms with E-state index in [0.29, 0.717) is 0 Å². The molecule has 0 aromatic heterocycles. The van der Waals surface area contributed by atoms with Gasteiger partial charge in [0.25, 0.3) is 23.2 Å². The predicted octanol–water partition coefficient (Wildman–Crippen LogP) is 2.11. The van der Waals surface area contributed by atoms with Crippen LogP contribution in [0.4, 0.5) is 11.4 Å². The summed E-state index contributed by atoms with van der Waals surface area (Å²) in [5, 5.41) is 23.3. The number of hydrogen-bond acceptors (Lipinski definition) is 7. The summed E-state index contributed by atoms with van der Waals surface area (Å²) >= 11 is 10.5. The third-order valence-electron chi connectivity index (χ3n) is 3.26. The lowest BCUT2D eigenvalue weighted by molar-refractivity contribution is -0.385. The molecule has 144 valence electrons. The number of hydrogen-bond donors (Lipinski definition) is 3. The van der Waals surface area contributed by atoms with Gasteiger partial charge in [-0.3, -0.25) is 46.0 Å². The standard InChI is InChI=1S/C15H10ClN5O6S/c16-11-6-3-9(7-12(11)21(26)27)13(22)17-15(28)19-18-14(23)8-1-4-10(5-2-8)20(24)25/h1-7H,(H,18,23)(H2,17,19,22,28). The van der Waals surface area contributed by atoms with Crippen molar-refractivity contribution >= 4 is 52.1 Å². The topological polar surface area (TPSA) is 157 Å². The summed E-state index contributed by atoms with van der Waals surface area (Å²) in [7, 11) is 0. The van der Waals surface area contributed by atoms with Crippen LogP contribution in [0.1, 0.15) is 20.7 Å². The summed E-state index contributed by atoms with van der Waals surface area (Å²) in [6.07, 6.45) is 0. The molecule has 0 unspecified atom stereocenters. The lowest BCUT2D eigenvalue weighted by Crippen LogP contribution is -2.48. The van der Waals surface area contributed by atoms with Crippen molar-refractivity contribution in [1.29, 1.82) is 0 Å². The summed E-state index contributed by atoms with van der Waals surface area (Å²) in [5.41, 5.74) is 3.90. The van der Waals surface area contributed by atoms with Crippen molar-refractivity contribution in [1.82, 2.24) is 16.2 Å². The first kappa shape index (κ1) is 20.7. The van der Waals surface area contributed by atoms with Crippen molar-refractivity contribution < 1.29 is 19.4 Å². The summed E-state index contributed by atoms with van der Waals surface area (Å²) in [4.78, 5) is 44.1. The van der Waals surface area contributed by atoms with Crippen molar-refractivity contribution in [2.24, 2.45) is 0 Å². The van der Waals surface area contributed by atoms with E-state index < -0.39 is 27.3 Å². The predicted molar refractivity (Wildman–Crippen MR) is 102 cm³/mol. The monoisotopic (exact) mass is 423 g/mol. The molecule has 0 aliphatic heterocycles. The van der Waals surface area contributed by atoms with Crippen molar-refractivity contribution in [3.8, 4) is 0 Å². The SMILES string of the molecule is O=C(NNC(=S)NC(=O)c1ccc(Cl)c([N+](=O)[O-])c1)c1ccc([N+](=O)[O-])cc1. The number of halogens is 1. The van der Waals surface area contributed by atoms with Crippen LogP contribution in [0.2, 0.25) is 5.02 Å².